The fourth-order valence-corrected chi connectivity index (χ4v) is 3.79. The molecule has 182 valence electrons. The molecule has 3 N–H and O–H groups in total. The summed E-state index contributed by atoms with van der Waals surface area (Å²) in [5.41, 5.74) is 2.69. The van der Waals surface area contributed by atoms with Gasteiger partial charge < -0.3 is 19.1 Å². The third-order valence-electron chi connectivity index (χ3n) is 5.13. The number of fused-ring (bicyclic) bond motifs is 1. The minimum Gasteiger partial charge on any atom is -0.497 e. The van der Waals surface area contributed by atoms with Crippen molar-refractivity contribution >= 4 is 39.3 Å². The number of imidazole rings is 1. The Bertz CT molecular complexity index is 1470. The number of H-pyrrole nitrogens is 1. The van der Waals surface area contributed by atoms with Gasteiger partial charge >= 0.3 is 5.69 Å². The number of benzene rings is 2. The van der Waals surface area contributed by atoms with Gasteiger partial charge in [0.05, 0.1) is 19.9 Å². The van der Waals surface area contributed by atoms with Crippen LogP contribution in [0.5, 0.6) is 11.5 Å². The molecular formula is C23H23BrN6O5. The van der Waals surface area contributed by atoms with E-state index >= 15 is 0 Å². The van der Waals surface area contributed by atoms with Crippen molar-refractivity contribution in [1.29, 1.82) is 0 Å². The van der Waals surface area contributed by atoms with Crippen LogP contribution in [0, 0.1) is 0 Å². The van der Waals surface area contributed by atoms with E-state index in [2.05, 4.69) is 36.4 Å². The molecule has 0 aliphatic rings. The molecule has 0 aliphatic carbocycles. The van der Waals surface area contributed by atoms with E-state index in [4.69, 9.17) is 9.47 Å². The number of aryl methyl sites for hydroxylation is 1. The lowest BCUT2D eigenvalue weighted by atomic mass is 10.2. The summed E-state index contributed by atoms with van der Waals surface area (Å²) in [6, 6.07) is 14.5. The highest BCUT2D eigenvalue weighted by Crippen LogP contribution is 2.19. The zero-order valence-corrected chi connectivity index (χ0v) is 20.5. The van der Waals surface area contributed by atoms with E-state index in [0.29, 0.717) is 11.5 Å². The van der Waals surface area contributed by atoms with Crippen LogP contribution in [-0.4, -0.2) is 50.2 Å². The molecule has 2 heterocycles. The molecule has 0 amide bonds. The smallest absolute Gasteiger partial charge is 0.329 e. The normalized spacial score (nSPS) is 12.2. The van der Waals surface area contributed by atoms with E-state index in [-0.39, 0.29) is 30.3 Å². The molecule has 35 heavy (non-hydrogen) atoms. The lowest BCUT2D eigenvalue weighted by Gasteiger charge is -2.15. The summed E-state index contributed by atoms with van der Waals surface area (Å²) >= 11 is 3.41. The molecule has 2 aromatic heterocycles. The lowest BCUT2D eigenvalue weighted by molar-refractivity contribution is 0.0938. The zero-order chi connectivity index (χ0) is 24.9. The molecule has 12 heteroatoms. The van der Waals surface area contributed by atoms with Crippen LogP contribution in [-0.2, 0) is 13.6 Å². The maximum atomic E-state index is 12.6. The highest BCUT2D eigenvalue weighted by molar-refractivity contribution is 9.10. The summed E-state index contributed by atoms with van der Waals surface area (Å²) in [5.74, 6) is 1.42. The second-order valence-electron chi connectivity index (χ2n) is 7.60. The lowest BCUT2D eigenvalue weighted by Crippen LogP contribution is -2.30. The van der Waals surface area contributed by atoms with Gasteiger partial charge in [0, 0.05) is 11.5 Å². The first-order chi connectivity index (χ1) is 16.9. The SMILES string of the molecule is COc1ccc(OCC(O)Cn2c(N/N=C/c3cccc(Br)c3)nc3c2c(=O)[nH]c(=O)n3C)cc1. The largest absolute Gasteiger partial charge is 0.497 e. The van der Waals surface area contributed by atoms with Crippen molar-refractivity contribution in [1.82, 2.24) is 19.1 Å². The highest BCUT2D eigenvalue weighted by atomic mass is 79.9. The molecule has 4 aromatic rings. The molecule has 1 atom stereocenters. The Hall–Kier alpha value is -3.90. The number of aromatic nitrogens is 4. The van der Waals surface area contributed by atoms with Crippen LogP contribution in [0.1, 0.15) is 5.56 Å². The molecule has 11 nitrogen and oxygen atoms in total. The Morgan fingerprint density at radius 3 is 2.69 bits per heavy atom. The first kappa shape index (κ1) is 24.2. The molecule has 0 spiro atoms. The number of ether oxygens (including phenoxy) is 2. The van der Waals surface area contributed by atoms with Crippen molar-refractivity contribution in [2.45, 2.75) is 12.6 Å². The topological polar surface area (TPSA) is 136 Å². The Kier molecular flexibility index (Phi) is 7.32. The van der Waals surface area contributed by atoms with Gasteiger partial charge in [-0.2, -0.15) is 10.1 Å². The van der Waals surface area contributed by atoms with E-state index < -0.39 is 17.4 Å². The number of hydrazone groups is 1. The fraction of sp³-hybridized carbons (Fsp3) is 0.217. The molecule has 1 unspecified atom stereocenters. The fourth-order valence-electron chi connectivity index (χ4n) is 3.38. The molecule has 0 saturated heterocycles. The van der Waals surface area contributed by atoms with E-state index in [0.717, 1.165) is 10.0 Å². The molecule has 0 radical (unpaired) electrons. The predicted molar refractivity (Wildman–Crippen MR) is 135 cm³/mol. The van der Waals surface area contributed by atoms with Crippen molar-refractivity contribution in [2.24, 2.45) is 12.1 Å². The molecule has 0 saturated carbocycles. The second-order valence-corrected chi connectivity index (χ2v) is 8.52. The number of aromatic amines is 1. The van der Waals surface area contributed by atoms with Gasteiger partial charge in [-0.3, -0.25) is 14.3 Å². The van der Waals surface area contributed by atoms with Crippen LogP contribution in [0.3, 0.4) is 0 Å². The minimum atomic E-state index is -0.999. The van der Waals surface area contributed by atoms with Crippen molar-refractivity contribution < 1.29 is 14.6 Å². The Balaban J connectivity index is 1.59. The molecule has 2 aromatic carbocycles. The third kappa shape index (κ3) is 5.61. The van der Waals surface area contributed by atoms with Gasteiger partial charge in [-0.25, -0.2) is 10.2 Å². The number of hydrogen-bond acceptors (Lipinski definition) is 8. The quantitative estimate of drug-likeness (QED) is 0.217. The van der Waals surface area contributed by atoms with Crippen LogP contribution >= 0.6 is 15.9 Å². The number of nitrogens with zero attached hydrogens (tertiary/aromatic N) is 4. The van der Waals surface area contributed by atoms with Crippen LogP contribution in [0.15, 0.2) is 67.7 Å². The predicted octanol–water partition coefficient (Wildman–Crippen LogP) is 2.08. The van der Waals surface area contributed by atoms with Crippen LogP contribution in [0.4, 0.5) is 5.95 Å². The van der Waals surface area contributed by atoms with Crippen LogP contribution in [0.25, 0.3) is 11.2 Å². The number of nitrogens with one attached hydrogen (secondary N) is 2. The molecule has 0 aliphatic heterocycles. The molecule has 0 fully saturated rings. The summed E-state index contributed by atoms with van der Waals surface area (Å²) in [7, 11) is 3.07. The summed E-state index contributed by atoms with van der Waals surface area (Å²) in [6.07, 6.45) is 0.585. The third-order valence-corrected chi connectivity index (χ3v) is 5.62. The van der Waals surface area contributed by atoms with E-state index in [9.17, 15) is 14.7 Å². The minimum absolute atomic E-state index is 0.0390. The van der Waals surface area contributed by atoms with Gasteiger partial charge in [0.2, 0.25) is 5.95 Å². The van der Waals surface area contributed by atoms with Crippen molar-refractivity contribution in [3.05, 3.63) is 79.4 Å². The molecule has 0 bridgehead atoms. The Morgan fingerprint density at radius 1 is 1.23 bits per heavy atom. The zero-order valence-electron chi connectivity index (χ0n) is 18.9. The Labute approximate surface area is 207 Å². The van der Waals surface area contributed by atoms with E-state index in [1.807, 2.05) is 24.3 Å². The first-order valence-electron chi connectivity index (χ1n) is 10.5. The number of aliphatic hydroxyl groups is 1. The average Bonchev–Trinajstić information content (AvgIpc) is 3.20. The van der Waals surface area contributed by atoms with Gasteiger partial charge in [-0.15, -0.1) is 0 Å². The van der Waals surface area contributed by atoms with E-state index in [1.54, 1.807) is 37.6 Å². The first-order valence-corrected chi connectivity index (χ1v) is 11.3. The summed E-state index contributed by atoms with van der Waals surface area (Å²) < 4.78 is 14.4. The molecule has 4 rings (SSSR count). The van der Waals surface area contributed by atoms with Crippen molar-refractivity contribution in [3.8, 4) is 11.5 Å². The summed E-state index contributed by atoms with van der Waals surface area (Å²) in [5, 5.41) is 14.9. The second kappa shape index (κ2) is 10.6. The summed E-state index contributed by atoms with van der Waals surface area (Å²) in [6.45, 7) is -0.0842. The van der Waals surface area contributed by atoms with Crippen LogP contribution < -0.4 is 26.1 Å². The molecular weight excluding hydrogens is 520 g/mol. The number of aliphatic hydroxyl groups excluding tert-OH is 1. The summed E-state index contributed by atoms with van der Waals surface area (Å²) in [4.78, 5) is 31.3. The maximum Gasteiger partial charge on any atom is 0.329 e. The van der Waals surface area contributed by atoms with Gasteiger partial charge in [0.25, 0.3) is 5.56 Å². The standard InChI is InChI=1S/C23H23BrN6O5/c1-29-20-19(21(32)27-23(29)33)30(12-16(31)13-35-18-8-6-17(34-2)7-9-18)22(26-20)28-25-11-14-4-3-5-15(24)10-14/h3-11,16,31H,12-13H2,1-2H3,(H,26,28)(H,27,32,33)/b25-11+. The van der Waals surface area contributed by atoms with Crippen LogP contribution in [0.2, 0.25) is 0 Å². The van der Waals surface area contributed by atoms with Gasteiger partial charge in [0.15, 0.2) is 11.2 Å². The number of anilines is 1. The van der Waals surface area contributed by atoms with Gasteiger partial charge in [-0.1, -0.05) is 28.1 Å². The highest BCUT2D eigenvalue weighted by Gasteiger charge is 2.20. The maximum absolute atomic E-state index is 12.6. The monoisotopic (exact) mass is 542 g/mol. The van der Waals surface area contributed by atoms with E-state index in [1.165, 1.54) is 16.2 Å². The number of hydrogen-bond donors (Lipinski definition) is 3. The van der Waals surface area contributed by atoms with Crippen molar-refractivity contribution in [3.63, 3.8) is 0 Å². The average molecular weight is 543 g/mol. The Morgan fingerprint density at radius 2 is 1.97 bits per heavy atom. The number of rotatable bonds is 9. The van der Waals surface area contributed by atoms with Gasteiger partial charge in [-0.05, 0) is 42.0 Å². The number of methoxy groups -OCH3 is 1. The number of halogens is 1. The van der Waals surface area contributed by atoms with Crippen molar-refractivity contribution in [2.75, 3.05) is 19.1 Å². The van der Waals surface area contributed by atoms with Gasteiger partial charge in [0.1, 0.15) is 24.2 Å².